The average Bonchev–Trinajstić information content (AvgIpc) is 3.11. The van der Waals surface area contributed by atoms with Crippen molar-refractivity contribution in [3.63, 3.8) is 0 Å². The van der Waals surface area contributed by atoms with Crippen molar-refractivity contribution in [1.29, 1.82) is 0 Å². The second kappa shape index (κ2) is 11.8. The fourth-order valence-corrected chi connectivity index (χ4v) is 5.01. The van der Waals surface area contributed by atoms with Crippen LogP contribution in [0.25, 0.3) is 0 Å². The third-order valence-corrected chi connectivity index (χ3v) is 11.1. The molecular formula is C28H42O6Si. The molecule has 1 saturated heterocycles. The van der Waals surface area contributed by atoms with E-state index < -0.39 is 32.4 Å². The fraction of sp³-hybridized carbons (Fsp3) is 0.571. The van der Waals surface area contributed by atoms with Crippen LogP contribution >= 0.6 is 0 Å². The second-order valence-corrected chi connectivity index (χ2v) is 15.6. The third kappa shape index (κ3) is 8.00. The van der Waals surface area contributed by atoms with Crippen LogP contribution in [0.1, 0.15) is 46.6 Å². The molecule has 1 aromatic carbocycles. The van der Waals surface area contributed by atoms with Gasteiger partial charge in [0.15, 0.2) is 26.0 Å². The number of hydrogen-bond donors (Lipinski definition) is 0. The summed E-state index contributed by atoms with van der Waals surface area (Å²) in [5.41, 5.74) is 3.86. The van der Waals surface area contributed by atoms with Gasteiger partial charge in [-0.15, -0.1) is 5.73 Å². The van der Waals surface area contributed by atoms with Gasteiger partial charge in [0.2, 0.25) is 0 Å². The summed E-state index contributed by atoms with van der Waals surface area (Å²) in [5, 5.41) is -0.0358. The molecule has 0 spiro atoms. The molecule has 0 N–H and O–H groups in total. The lowest BCUT2D eigenvalue weighted by molar-refractivity contribution is -0.158. The number of benzene rings is 1. The molecule has 1 aliphatic heterocycles. The monoisotopic (exact) mass is 502 g/mol. The standard InChI is InChI=1S/C28H42O6Si/c1-11-13-22(31-19-20-14-16-21(30-8)17-15-20)18-24(34-35(9,10)27(3,4)5)26-25(23(29)12-2)32-28(6,7)33-26/h12-17,22,24-26H,1-2,18-19H2,3-10H3/t22-,24+,25-,26+/m1/s1. The summed E-state index contributed by atoms with van der Waals surface area (Å²) >= 11 is 0. The largest absolute Gasteiger partial charge is 0.497 e. The first kappa shape index (κ1) is 29.2. The first-order valence-corrected chi connectivity index (χ1v) is 14.9. The highest BCUT2D eigenvalue weighted by atomic mass is 28.4. The fourth-order valence-electron chi connectivity index (χ4n) is 3.67. The molecule has 1 heterocycles. The van der Waals surface area contributed by atoms with Gasteiger partial charge in [0.05, 0.1) is 25.9 Å². The molecule has 194 valence electrons. The van der Waals surface area contributed by atoms with Gasteiger partial charge in [0.1, 0.15) is 11.9 Å². The Balaban J connectivity index is 2.33. The van der Waals surface area contributed by atoms with Gasteiger partial charge >= 0.3 is 0 Å². The van der Waals surface area contributed by atoms with Gasteiger partial charge in [-0.1, -0.05) is 46.1 Å². The normalized spacial score (nSPS) is 21.6. The summed E-state index contributed by atoms with van der Waals surface area (Å²) in [5.74, 6) is -0.353. The first-order chi connectivity index (χ1) is 16.2. The average molecular weight is 503 g/mol. The van der Waals surface area contributed by atoms with Crippen molar-refractivity contribution in [3.8, 4) is 5.75 Å². The van der Waals surface area contributed by atoms with Gasteiger partial charge in [-0.2, -0.15) is 0 Å². The van der Waals surface area contributed by atoms with Gasteiger partial charge in [-0.25, -0.2) is 0 Å². The zero-order valence-corrected chi connectivity index (χ0v) is 23.6. The van der Waals surface area contributed by atoms with Crippen molar-refractivity contribution in [3.05, 3.63) is 60.9 Å². The Bertz CT molecular complexity index is 908. The number of ether oxygens (including phenoxy) is 4. The van der Waals surface area contributed by atoms with Crippen molar-refractivity contribution >= 4 is 14.1 Å². The van der Waals surface area contributed by atoms with Crippen LogP contribution < -0.4 is 4.74 Å². The van der Waals surface area contributed by atoms with Crippen LogP contribution in [-0.2, 0) is 30.0 Å². The van der Waals surface area contributed by atoms with E-state index in [9.17, 15) is 4.79 Å². The van der Waals surface area contributed by atoms with Gasteiger partial charge < -0.3 is 23.4 Å². The quantitative estimate of drug-likeness (QED) is 0.199. The Morgan fingerprint density at radius 1 is 1.23 bits per heavy atom. The van der Waals surface area contributed by atoms with Crippen molar-refractivity contribution in [2.45, 2.75) is 96.0 Å². The van der Waals surface area contributed by atoms with Gasteiger partial charge in [-0.3, -0.25) is 4.79 Å². The highest BCUT2D eigenvalue weighted by Crippen LogP contribution is 2.41. The molecule has 1 fully saturated rings. The minimum absolute atomic E-state index is 0.0358. The van der Waals surface area contributed by atoms with E-state index in [4.69, 9.17) is 23.4 Å². The highest BCUT2D eigenvalue weighted by molar-refractivity contribution is 6.74. The lowest BCUT2D eigenvalue weighted by Gasteiger charge is -2.41. The van der Waals surface area contributed by atoms with E-state index in [0.29, 0.717) is 13.0 Å². The molecular weight excluding hydrogens is 460 g/mol. The molecule has 35 heavy (non-hydrogen) atoms. The molecule has 0 saturated carbocycles. The van der Waals surface area contributed by atoms with E-state index in [1.165, 1.54) is 6.08 Å². The van der Waals surface area contributed by atoms with Crippen molar-refractivity contribution in [2.24, 2.45) is 0 Å². The van der Waals surface area contributed by atoms with Crippen molar-refractivity contribution < 1.29 is 28.2 Å². The molecule has 4 atom stereocenters. The lowest BCUT2D eigenvalue weighted by atomic mass is 9.99. The minimum atomic E-state index is -2.24. The van der Waals surface area contributed by atoms with Crippen molar-refractivity contribution in [2.75, 3.05) is 7.11 Å². The maximum absolute atomic E-state index is 12.7. The molecule has 1 aliphatic rings. The SMILES string of the molecule is C=C=C[C@H](C[C@H](O[Si](C)(C)C(C)(C)C)[C@@H]1OC(C)(C)O[C@@H]1C(=O)C=C)OCc1ccc(OC)cc1. The summed E-state index contributed by atoms with van der Waals surface area (Å²) in [6, 6.07) is 7.73. The van der Waals surface area contributed by atoms with Crippen LogP contribution in [0.5, 0.6) is 5.75 Å². The molecule has 1 aromatic rings. The number of carbonyl (C=O) groups excluding carboxylic acids is 1. The number of methoxy groups -OCH3 is 1. The zero-order valence-electron chi connectivity index (χ0n) is 22.6. The molecule has 0 radical (unpaired) electrons. The van der Waals surface area contributed by atoms with Crippen LogP contribution in [0.15, 0.2) is 55.3 Å². The molecule has 6 nitrogen and oxygen atoms in total. The van der Waals surface area contributed by atoms with Crippen LogP contribution in [-0.4, -0.2) is 51.4 Å². The minimum Gasteiger partial charge on any atom is -0.497 e. The molecule has 0 unspecified atom stereocenters. The summed E-state index contributed by atoms with van der Waals surface area (Å²) in [4.78, 5) is 12.7. The third-order valence-electron chi connectivity index (χ3n) is 6.62. The Morgan fingerprint density at radius 2 is 1.86 bits per heavy atom. The van der Waals surface area contributed by atoms with E-state index in [0.717, 1.165) is 11.3 Å². The van der Waals surface area contributed by atoms with Crippen molar-refractivity contribution in [1.82, 2.24) is 0 Å². The van der Waals surface area contributed by atoms with Gasteiger partial charge in [0, 0.05) is 6.42 Å². The summed E-state index contributed by atoms with van der Waals surface area (Å²) in [7, 11) is -0.597. The predicted octanol–water partition coefficient (Wildman–Crippen LogP) is 5.98. The van der Waals surface area contributed by atoms with Gasteiger partial charge in [0.25, 0.3) is 0 Å². The van der Waals surface area contributed by atoms with E-state index >= 15 is 0 Å². The van der Waals surface area contributed by atoms with E-state index in [1.54, 1.807) is 27.0 Å². The topological polar surface area (TPSA) is 63.2 Å². The lowest BCUT2D eigenvalue weighted by Crippen LogP contribution is -2.51. The molecule has 0 amide bonds. The molecule has 7 heteroatoms. The van der Waals surface area contributed by atoms with E-state index in [2.05, 4.69) is 52.8 Å². The van der Waals surface area contributed by atoms with Gasteiger partial charge in [-0.05, 0) is 61.8 Å². The summed E-state index contributed by atoms with van der Waals surface area (Å²) < 4.78 is 30.6. The van der Waals surface area contributed by atoms with Crippen LogP contribution in [0.3, 0.4) is 0 Å². The molecule has 0 aliphatic carbocycles. The number of ketones is 1. The Kier molecular flexibility index (Phi) is 9.88. The van der Waals surface area contributed by atoms with Crippen LogP contribution in [0, 0.1) is 0 Å². The summed E-state index contributed by atoms with van der Waals surface area (Å²) in [6.07, 6.45) is 1.33. The smallest absolute Gasteiger partial charge is 0.192 e. The van der Waals surface area contributed by atoms with Crippen LogP contribution in [0.4, 0.5) is 0 Å². The van der Waals surface area contributed by atoms with Crippen LogP contribution in [0.2, 0.25) is 18.1 Å². The molecule has 2 rings (SSSR count). The number of rotatable bonds is 12. The Morgan fingerprint density at radius 3 is 2.37 bits per heavy atom. The number of hydrogen-bond acceptors (Lipinski definition) is 6. The first-order valence-electron chi connectivity index (χ1n) is 12.0. The Labute approximate surface area is 212 Å². The maximum Gasteiger partial charge on any atom is 0.192 e. The summed E-state index contributed by atoms with van der Waals surface area (Å²) in [6.45, 7) is 22.3. The zero-order chi connectivity index (χ0) is 26.4. The highest BCUT2D eigenvalue weighted by Gasteiger charge is 2.51. The molecule has 0 aromatic heterocycles. The second-order valence-electron chi connectivity index (χ2n) is 10.8. The maximum atomic E-state index is 12.7. The molecule has 0 bridgehead atoms. The van der Waals surface area contributed by atoms with E-state index in [-0.39, 0.29) is 16.9 Å². The Hall–Kier alpha value is -1.99. The van der Waals surface area contributed by atoms with E-state index in [1.807, 2.05) is 24.3 Å². The number of carbonyl (C=O) groups is 1. The predicted molar refractivity (Wildman–Crippen MR) is 141 cm³/mol.